The van der Waals surface area contributed by atoms with Crippen LogP contribution in [0.3, 0.4) is 0 Å². The summed E-state index contributed by atoms with van der Waals surface area (Å²) >= 11 is 0. The Morgan fingerprint density at radius 3 is 2.58 bits per heavy atom. The van der Waals surface area contributed by atoms with E-state index in [0.717, 1.165) is 45.6 Å². The minimum absolute atomic E-state index is 0.0527. The third kappa shape index (κ3) is 2.96. The van der Waals surface area contributed by atoms with Crippen molar-refractivity contribution in [1.82, 2.24) is 9.47 Å². The van der Waals surface area contributed by atoms with Crippen LogP contribution in [0, 0.1) is 5.82 Å². The Kier molecular flexibility index (Phi) is 4.40. The first-order valence-corrected chi connectivity index (χ1v) is 9.08. The highest BCUT2D eigenvalue weighted by Crippen LogP contribution is 2.38. The third-order valence-electron chi connectivity index (χ3n) is 5.34. The molecule has 4 rings (SSSR count). The number of benzene rings is 1. The van der Waals surface area contributed by atoms with Gasteiger partial charge in [0, 0.05) is 32.2 Å². The van der Waals surface area contributed by atoms with Crippen LogP contribution in [-0.4, -0.2) is 48.7 Å². The molecule has 7 heteroatoms. The molecule has 0 amide bonds. The van der Waals surface area contributed by atoms with Gasteiger partial charge in [-0.25, -0.2) is 4.39 Å². The molecule has 1 saturated heterocycles. The maximum absolute atomic E-state index is 14.8. The second-order valence-corrected chi connectivity index (χ2v) is 6.92. The van der Waals surface area contributed by atoms with E-state index in [1.165, 1.54) is 6.07 Å². The molecule has 2 fully saturated rings. The van der Waals surface area contributed by atoms with Crippen LogP contribution < -0.4 is 15.1 Å². The van der Waals surface area contributed by atoms with Gasteiger partial charge in [0.25, 0.3) is 6.47 Å². The number of anilines is 1. The molecule has 26 heavy (non-hydrogen) atoms. The number of fused-ring (bicyclic) bond motifs is 1. The van der Waals surface area contributed by atoms with Crippen molar-refractivity contribution in [2.24, 2.45) is 0 Å². The van der Waals surface area contributed by atoms with Crippen molar-refractivity contribution in [1.29, 1.82) is 0 Å². The molecule has 2 aliphatic rings. The fourth-order valence-electron chi connectivity index (χ4n) is 3.67. The molecule has 6 nitrogen and oxygen atoms in total. The maximum Gasteiger partial charge on any atom is 0.298 e. The van der Waals surface area contributed by atoms with Gasteiger partial charge >= 0.3 is 0 Å². The Morgan fingerprint density at radius 1 is 1.23 bits per heavy atom. The van der Waals surface area contributed by atoms with Crippen LogP contribution in [0.2, 0.25) is 0 Å². The fraction of sp³-hybridized carbons (Fsp3) is 0.474. The monoisotopic (exact) mass is 359 g/mol. The summed E-state index contributed by atoms with van der Waals surface area (Å²) in [6.45, 7) is 6.67. The standard InChI is InChI=1S/C19H22FN3O3/c1-2-21-5-7-22(8-6-21)17-10-16-14(9-15(17)20)19(25)18(26-12-24)11-23(16)13-3-4-13/h9-13H,2-8H2,1H3. The molecule has 0 atom stereocenters. The van der Waals surface area contributed by atoms with Gasteiger partial charge in [0.1, 0.15) is 5.82 Å². The van der Waals surface area contributed by atoms with Crippen LogP contribution in [0.4, 0.5) is 10.1 Å². The molecule has 1 aliphatic carbocycles. The van der Waals surface area contributed by atoms with Crippen molar-refractivity contribution in [2.45, 2.75) is 25.8 Å². The molecule has 0 unspecified atom stereocenters. The first-order valence-electron chi connectivity index (χ1n) is 9.08. The highest BCUT2D eigenvalue weighted by molar-refractivity contribution is 5.85. The first-order chi connectivity index (χ1) is 12.6. The van der Waals surface area contributed by atoms with Gasteiger partial charge in [-0.2, -0.15) is 0 Å². The SMILES string of the molecule is CCN1CCN(c2cc3c(cc2F)c(=O)c(OC=O)cn3C2CC2)CC1. The number of pyridine rings is 1. The van der Waals surface area contributed by atoms with Gasteiger partial charge < -0.3 is 19.1 Å². The minimum Gasteiger partial charge on any atom is -0.423 e. The van der Waals surface area contributed by atoms with E-state index in [4.69, 9.17) is 4.74 Å². The number of carbonyl (C=O) groups excluding carboxylic acids is 1. The van der Waals surface area contributed by atoms with E-state index in [1.807, 2.05) is 9.47 Å². The topological polar surface area (TPSA) is 54.8 Å². The Balaban J connectivity index is 1.81. The lowest BCUT2D eigenvalue weighted by Gasteiger charge is -2.35. The number of likely N-dealkylation sites (N-methyl/N-ethyl adjacent to an activating group) is 1. The number of rotatable bonds is 5. The Labute approximate surface area is 150 Å². The number of nitrogens with zero attached hydrogens (tertiary/aromatic N) is 3. The van der Waals surface area contributed by atoms with E-state index in [0.29, 0.717) is 11.2 Å². The second-order valence-electron chi connectivity index (χ2n) is 6.92. The molecule has 0 radical (unpaired) electrons. The summed E-state index contributed by atoms with van der Waals surface area (Å²) in [5.74, 6) is -0.465. The van der Waals surface area contributed by atoms with Crippen LogP contribution in [0.5, 0.6) is 5.75 Å². The van der Waals surface area contributed by atoms with E-state index < -0.39 is 11.2 Å². The average molecular weight is 359 g/mol. The summed E-state index contributed by atoms with van der Waals surface area (Å²) in [5.41, 5.74) is 0.779. The predicted molar refractivity (Wildman–Crippen MR) is 97.5 cm³/mol. The summed E-state index contributed by atoms with van der Waals surface area (Å²) in [7, 11) is 0. The van der Waals surface area contributed by atoms with E-state index >= 15 is 0 Å². The summed E-state index contributed by atoms with van der Waals surface area (Å²) in [5, 5.41) is 0.254. The number of hydrogen-bond donors (Lipinski definition) is 0. The largest absolute Gasteiger partial charge is 0.423 e. The summed E-state index contributed by atoms with van der Waals surface area (Å²) in [4.78, 5) is 27.6. The maximum atomic E-state index is 14.8. The number of ether oxygens (including phenoxy) is 1. The molecule has 0 bridgehead atoms. The minimum atomic E-state index is -0.453. The number of aromatic nitrogens is 1. The number of halogens is 1. The lowest BCUT2D eigenvalue weighted by molar-refractivity contribution is -0.120. The molecular formula is C19H22FN3O3. The predicted octanol–water partition coefficient (Wildman–Crippen LogP) is 2.15. The molecule has 2 heterocycles. The van der Waals surface area contributed by atoms with Gasteiger partial charge in [-0.3, -0.25) is 9.59 Å². The number of hydrogen-bond acceptors (Lipinski definition) is 5. The number of carbonyl (C=O) groups is 1. The van der Waals surface area contributed by atoms with Crippen LogP contribution in [-0.2, 0) is 4.79 Å². The van der Waals surface area contributed by atoms with Crippen LogP contribution >= 0.6 is 0 Å². The van der Waals surface area contributed by atoms with Crippen LogP contribution in [0.1, 0.15) is 25.8 Å². The van der Waals surface area contributed by atoms with Crippen molar-refractivity contribution < 1.29 is 13.9 Å². The van der Waals surface area contributed by atoms with E-state index in [2.05, 4.69) is 11.8 Å². The molecule has 1 aromatic heterocycles. The quantitative estimate of drug-likeness (QED) is 0.766. The molecule has 2 aromatic rings. The summed E-state index contributed by atoms with van der Waals surface area (Å²) in [6.07, 6.45) is 3.58. The lowest BCUT2D eigenvalue weighted by Crippen LogP contribution is -2.46. The van der Waals surface area contributed by atoms with Crippen molar-refractivity contribution in [3.8, 4) is 5.75 Å². The lowest BCUT2D eigenvalue weighted by atomic mass is 10.1. The smallest absolute Gasteiger partial charge is 0.298 e. The summed E-state index contributed by atoms with van der Waals surface area (Å²) in [6, 6.07) is 3.33. The van der Waals surface area contributed by atoms with Gasteiger partial charge in [0.2, 0.25) is 5.43 Å². The third-order valence-corrected chi connectivity index (χ3v) is 5.34. The van der Waals surface area contributed by atoms with E-state index in [9.17, 15) is 14.0 Å². The van der Waals surface area contributed by atoms with Gasteiger partial charge in [-0.05, 0) is 31.5 Å². The molecule has 1 saturated carbocycles. The zero-order valence-electron chi connectivity index (χ0n) is 14.8. The Hall–Kier alpha value is -2.41. The average Bonchev–Trinajstić information content (AvgIpc) is 3.49. The fourth-order valence-corrected chi connectivity index (χ4v) is 3.67. The van der Waals surface area contributed by atoms with E-state index in [1.54, 1.807) is 12.3 Å². The van der Waals surface area contributed by atoms with Gasteiger partial charge in [0.05, 0.1) is 22.8 Å². The van der Waals surface area contributed by atoms with Crippen molar-refractivity contribution >= 4 is 23.1 Å². The van der Waals surface area contributed by atoms with Crippen LogP contribution in [0.25, 0.3) is 10.9 Å². The molecule has 0 spiro atoms. The van der Waals surface area contributed by atoms with Crippen molar-refractivity contribution in [3.63, 3.8) is 0 Å². The second kappa shape index (κ2) is 6.72. The summed E-state index contributed by atoms with van der Waals surface area (Å²) < 4.78 is 21.6. The molecule has 0 N–H and O–H groups in total. The van der Waals surface area contributed by atoms with Crippen LogP contribution in [0.15, 0.2) is 23.1 Å². The number of piperazine rings is 1. The first kappa shape index (κ1) is 17.0. The zero-order chi connectivity index (χ0) is 18.3. The normalized spacial score (nSPS) is 18.3. The molecule has 1 aromatic carbocycles. The van der Waals surface area contributed by atoms with Gasteiger partial charge in [-0.1, -0.05) is 6.92 Å². The Bertz CT molecular complexity index is 899. The molecule has 1 aliphatic heterocycles. The van der Waals surface area contributed by atoms with Gasteiger partial charge in [0.15, 0.2) is 5.75 Å². The zero-order valence-corrected chi connectivity index (χ0v) is 14.8. The van der Waals surface area contributed by atoms with E-state index in [-0.39, 0.29) is 23.6 Å². The highest BCUT2D eigenvalue weighted by Gasteiger charge is 2.27. The van der Waals surface area contributed by atoms with Crippen molar-refractivity contribution in [3.05, 3.63) is 34.4 Å². The molecule has 138 valence electrons. The van der Waals surface area contributed by atoms with Gasteiger partial charge in [-0.15, -0.1) is 0 Å². The Morgan fingerprint density at radius 2 is 1.96 bits per heavy atom. The molecular weight excluding hydrogens is 337 g/mol. The highest BCUT2D eigenvalue weighted by atomic mass is 19.1. The van der Waals surface area contributed by atoms with Crippen molar-refractivity contribution in [2.75, 3.05) is 37.6 Å².